The van der Waals surface area contributed by atoms with Gasteiger partial charge in [-0.25, -0.2) is 4.98 Å². The van der Waals surface area contributed by atoms with Crippen LogP contribution in [0.4, 0.5) is 0 Å². The van der Waals surface area contributed by atoms with E-state index >= 15 is 0 Å². The largest absolute Gasteiger partial charge is 0.507 e. The number of phenols is 1. The first kappa shape index (κ1) is 37.7. The summed E-state index contributed by atoms with van der Waals surface area (Å²) in [6.07, 6.45) is 2.72. The Bertz CT molecular complexity index is 2970. The van der Waals surface area contributed by atoms with E-state index in [1.807, 2.05) is 24.4 Å². The lowest BCUT2D eigenvalue weighted by Gasteiger charge is -2.22. The monoisotopic (exact) mass is 804 g/mol. The molecular weight excluding hydrogens is 743 g/mol. The van der Waals surface area contributed by atoms with E-state index in [-0.39, 0.29) is 23.0 Å². The van der Waals surface area contributed by atoms with Crippen molar-refractivity contribution in [2.45, 2.75) is 92.8 Å². The van der Waals surface area contributed by atoms with Crippen molar-refractivity contribution in [2.75, 3.05) is 0 Å². The van der Waals surface area contributed by atoms with Gasteiger partial charge in [-0.05, 0) is 135 Å². The molecule has 6 aromatic carbocycles. The molecule has 0 spiro atoms. The van der Waals surface area contributed by atoms with Gasteiger partial charge in [0.2, 0.25) is 0 Å². The molecule has 308 valence electrons. The smallest absolute Gasteiger partial charge is 0.149 e. The predicted octanol–water partition coefficient (Wildman–Crippen LogP) is 15.5. The summed E-state index contributed by atoms with van der Waals surface area (Å²) in [6.45, 7) is 17.7. The van der Waals surface area contributed by atoms with E-state index in [9.17, 15) is 5.11 Å². The molecule has 0 atom stereocenters. The van der Waals surface area contributed by atoms with Crippen LogP contribution in [0, 0.1) is 12.8 Å². The Morgan fingerprint density at radius 1 is 0.639 bits per heavy atom. The number of hydrogen-bond donors (Lipinski definition) is 1. The Morgan fingerprint density at radius 3 is 2.08 bits per heavy atom. The number of aryl methyl sites for hydroxylation is 1. The summed E-state index contributed by atoms with van der Waals surface area (Å²) >= 11 is 0. The van der Waals surface area contributed by atoms with E-state index in [0.717, 1.165) is 73.3 Å². The quantitative estimate of drug-likeness (QED) is 0.150. The first-order chi connectivity index (χ1) is 30.4. The Kier molecular flexibility index (Phi) is 10.3. The molecule has 61 heavy (non-hydrogen) atoms. The van der Waals surface area contributed by atoms with Gasteiger partial charge in [0.05, 0.1) is 22.3 Å². The SMILES string of the molecule is [2H]C([2H])([2H])c1ccc(-c2ccnc(-c3cc(-c4cccc5c4nc(-c4cc(C(C)C)cc(C(C)C)c4O)n5-c4ccc(-c5ccccc5)c(CC(C)C)c4)cc(C(C)(C)C)c3)c2)cc1. The third kappa shape index (κ3) is 8.42. The molecule has 4 heteroatoms. The number of pyridine rings is 1. The minimum absolute atomic E-state index is 0.105. The van der Waals surface area contributed by atoms with Crippen LogP contribution < -0.4 is 0 Å². The average Bonchev–Trinajstić information content (AvgIpc) is 3.65. The second-order valence-corrected chi connectivity index (χ2v) is 18.6. The maximum absolute atomic E-state index is 12.2. The number of rotatable bonds is 10. The van der Waals surface area contributed by atoms with Crippen LogP contribution in [0.15, 0.2) is 140 Å². The normalized spacial score (nSPS) is 13.0. The number of aromatic nitrogens is 3. The van der Waals surface area contributed by atoms with Crippen LogP contribution in [-0.2, 0) is 11.8 Å². The average molecular weight is 805 g/mol. The second kappa shape index (κ2) is 16.7. The molecule has 0 aliphatic carbocycles. The molecule has 0 aliphatic heterocycles. The van der Waals surface area contributed by atoms with Crippen molar-refractivity contribution in [3.8, 4) is 67.5 Å². The van der Waals surface area contributed by atoms with E-state index in [1.165, 1.54) is 16.7 Å². The zero-order valence-corrected chi connectivity index (χ0v) is 37.0. The van der Waals surface area contributed by atoms with Crippen LogP contribution in [0.1, 0.15) is 106 Å². The van der Waals surface area contributed by atoms with E-state index in [1.54, 1.807) is 12.1 Å². The minimum atomic E-state index is -2.16. The van der Waals surface area contributed by atoms with Gasteiger partial charge >= 0.3 is 0 Å². The van der Waals surface area contributed by atoms with Crippen molar-refractivity contribution in [1.82, 2.24) is 14.5 Å². The maximum atomic E-state index is 12.2. The molecule has 0 unspecified atom stereocenters. The number of aromatic hydroxyl groups is 1. The highest BCUT2D eigenvalue weighted by Gasteiger charge is 2.25. The van der Waals surface area contributed by atoms with Crippen molar-refractivity contribution in [1.29, 1.82) is 0 Å². The molecule has 1 N–H and O–H groups in total. The lowest BCUT2D eigenvalue weighted by atomic mass is 9.83. The number of phenolic OH excluding ortho intramolecular Hbond substituents is 1. The molecule has 0 aliphatic rings. The van der Waals surface area contributed by atoms with Gasteiger partial charge in [-0.15, -0.1) is 0 Å². The summed E-state index contributed by atoms with van der Waals surface area (Å²) in [7, 11) is 0. The van der Waals surface area contributed by atoms with E-state index in [0.29, 0.717) is 22.9 Å². The molecule has 8 aromatic rings. The first-order valence-electron chi connectivity index (χ1n) is 23.2. The summed E-state index contributed by atoms with van der Waals surface area (Å²) in [5, 5.41) is 12.2. The third-order valence-electron chi connectivity index (χ3n) is 11.8. The Labute approximate surface area is 367 Å². The summed E-state index contributed by atoms with van der Waals surface area (Å²) < 4.78 is 25.8. The highest BCUT2D eigenvalue weighted by molar-refractivity contribution is 5.97. The van der Waals surface area contributed by atoms with Gasteiger partial charge in [-0.3, -0.25) is 9.55 Å². The molecule has 0 amide bonds. The highest BCUT2D eigenvalue weighted by Crippen LogP contribution is 2.44. The van der Waals surface area contributed by atoms with Crippen LogP contribution in [0.25, 0.3) is 72.7 Å². The molecule has 0 bridgehead atoms. The fraction of sp³-hybridized carbons (Fsp3) is 0.263. The van der Waals surface area contributed by atoms with Gasteiger partial charge in [0.25, 0.3) is 0 Å². The topological polar surface area (TPSA) is 50.9 Å². The van der Waals surface area contributed by atoms with Crippen molar-refractivity contribution >= 4 is 11.0 Å². The van der Waals surface area contributed by atoms with Crippen molar-refractivity contribution in [3.63, 3.8) is 0 Å². The number of para-hydroxylation sites is 1. The minimum Gasteiger partial charge on any atom is -0.507 e. The summed E-state index contributed by atoms with van der Waals surface area (Å²) in [6, 6.07) is 45.9. The molecule has 0 saturated heterocycles. The molecule has 0 radical (unpaired) electrons. The van der Waals surface area contributed by atoms with Crippen LogP contribution in [0.3, 0.4) is 0 Å². The third-order valence-corrected chi connectivity index (χ3v) is 11.8. The van der Waals surface area contributed by atoms with Crippen molar-refractivity contribution in [3.05, 3.63) is 167 Å². The number of nitrogens with zero attached hydrogens (tertiary/aromatic N) is 3. The lowest BCUT2D eigenvalue weighted by molar-refractivity contribution is 0.466. The van der Waals surface area contributed by atoms with Crippen LogP contribution in [-0.4, -0.2) is 19.6 Å². The van der Waals surface area contributed by atoms with E-state index in [2.05, 4.69) is 170 Å². The molecule has 2 aromatic heterocycles. The van der Waals surface area contributed by atoms with E-state index in [4.69, 9.17) is 14.1 Å². The van der Waals surface area contributed by atoms with Crippen LogP contribution >= 0.6 is 0 Å². The molecule has 8 rings (SSSR count). The Balaban J connectivity index is 1.37. The van der Waals surface area contributed by atoms with Crippen molar-refractivity contribution < 1.29 is 9.22 Å². The maximum Gasteiger partial charge on any atom is 0.149 e. The molecule has 0 fully saturated rings. The second-order valence-electron chi connectivity index (χ2n) is 18.6. The Hall–Kier alpha value is -6.26. The zero-order valence-electron chi connectivity index (χ0n) is 40.0. The summed E-state index contributed by atoms with van der Waals surface area (Å²) in [4.78, 5) is 10.5. The Morgan fingerprint density at radius 2 is 1.39 bits per heavy atom. The predicted molar refractivity (Wildman–Crippen MR) is 258 cm³/mol. The first-order valence-corrected chi connectivity index (χ1v) is 21.7. The molecule has 2 heterocycles. The molecule has 4 nitrogen and oxygen atoms in total. The van der Waals surface area contributed by atoms with E-state index < -0.39 is 6.85 Å². The number of hydrogen-bond acceptors (Lipinski definition) is 3. The molecular formula is C57H59N3O. The fourth-order valence-electron chi connectivity index (χ4n) is 8.42. The van der Waals surface area contributed by atoms with Gasteiger partial charge < -0.3 is 5.11 Å². The summed E-state index contributed by atoms with van der Waals surface area (Å²) in [5.41, 5.74) is 16.2. The van der Waals surface area contributed by atoms with Crippen molar-refractivity contribution in [2.24, 2.45) is 5.92 Å². The highest BCUT2D eigenvalue weighted by atomic mass is 16.3. The van der Waals surface area contributed by atoms with Gasteiger partial charge in [0.15, 0.2) is 0 Å². The number of fused-ring (bicyclic) bond motifs is 1. The van der Waals surface area contributed by atoms with Gasteiger partial charge in [0.1, 0.15) is 11.6 Å². The summed E-state index contributed by atoms with van der Waals surface area (Å²) in [5.74, 6) is 1.74. The lowest BCUT2D eigenvalue weighted by Crippen LogP contribution is -2.11. The fourth-order valence-corrected chi connectivity index (χ4v) is 8.42. The molecule has 0 saturated carbocycles. The van der Waals surface area contributed by atoms with Crippen LogP contribution in [0.5, 0.6) is 5.75 Å². The standard InChI is InChI=1S/C57H59N3O/c1-35(2)27-43-31-47(23-24-48(43)40-15-12-11-13-16-40)60-53-18-14-17-49(54(53)59-56(60)51-33-42(36(3)4)32-50(37(5)6)55(51)61)44-28-45(30-46(29-44)57(8,9)10)52-34-41(25-26-58-52)39-21-19-38(7)20-22-39/h11-26,28-37,61H,27H2,1-10H3/i7D3. The van der Waals surface area contributed by atoms with Gasteiger partial charge in [-0.1, -0.05) is 153 Å². The van der Waals surface area contributed by atoms with Crippen LogP contribution in [0.2, 0.25) is 0 Å². The van der Waals surface area contributed by atoms with Gasteiger partial charge in [0, 0.05) is 27.1 Å². The number of imidazole rings is 1. The van der Waals surface area contributed by atoms with Gasteiger partial charge in [-0.2, -0.15) is 0 Å². The zero-order chi connectivity index (χ0) is 45.7. The number of benzene rings is 6.